The Morgan fingerprint density at radius 1 is 1.10 bits per heavy atom. The molecule has 30 heavy (non-hydrogen) atoms. The van der Waals surface area contributed by atoms with Gasteiger partial charge >= 0.3 is 6.03 Å². The Balaban J connectivity index is 1.50. The van der Waals surface area contributed by atoms with Crippen LogP contribution in [-0.4, -0.2) is 36.4 Å². The van der Waals surface area contributed by atoms with Gasteiger partial charge < -0.3 is 15.0 Å². The van der Waals surface area contributed by atoms with E-state index in [1.54, 1.807) is 25.3 Å². The molecule has 156 valence electrons. The van der Waals surface area contributed by atoms with Crippen LogP contribution in [0.3, 0.4) is 0 Å². The molecule has 1 atom stereocenters. The minimum absolute atomic E-state index is 0.000290. The molecule has 0 spiro atoms. The number of hydrogen-bond donors (Lipinski definition) is 1. The number of aryl methyl sites for hydroxylation is 1. The minimum atomic E-state index is -0.182. The highest BCUT2D eigenvalue weighted by atomic mass is 16.5. The normalized spacial score (nSPS) is 18.8. The summed E-state index contributed by atoms with van der Waals surface area (Å²) in [6.07, 6.45) is 2.33. The number of likely N-dealkylation sites (tertiary alicyclic amines) is 1. The van der Waals surface area contributed by atoms with Crippen LogP contribution in [0.1, 0.15) is 42.9 Å². The number of nitrogens with one attached hydrogen (secondary N) is 1. The molecule has 0 bridgehead atoms. The zero-order valence-electron chi connectivity index (χ0n) is 17.2. The van der Waals surface area contributed by atoms with Crippen LogP contribution < -0.4 is 15.0 Å². The van der Waals surface area contributed by atoms with E-state index in [0.717, 1.165) is 29.7 Å². The average Bonchev–Trinajstić information content (AvgIpc) is 3.36. The molecule has 4 amide bonds. The summed E-state index contributed by atoms with van der Waals surface area (Å²) in [6, 6.07) is 12.9. The summed E-state index contributed by atoms with van der Waals surface area (Å²) in [5, 5.41) is 2.96. The first-order chi connectivity index (χ1) is 14.5. The lowest BCUT2D eigenvalue weighted by molar-refractivity contribution is -0.121. The fraction of sp³-hybridized carbons (Fsp3) is 0.348. The number of urea groups is 1. The van der Waals surface area contributed by atoms with Gasteiger partial charge in [-0.15, -0.1) is 0 Å². The highest BCUT2D eigenvalue weighted by Crippen LogP contribution is 2.34. The molecule has 2 aromatic rings. The third kappa shape index (κ3) is 3.75. The molecule has 7 heteroatoms. The Morgan fingerprint density at radius 2 is 1.87 bits per heavy atom. The second-order valence-electron chi connectivity index (χ2n) is 7.68. The van der Waals surface area contributed by atoms with Crippen molar-refractivity contribution in [3.05, 3.63) is 53.6 Å². The van der Waals surface area contributed by atoms with Crippen LogP contribution in [-0.2, 0) is 9.59 Å². The number of benzene rings is 2. The third-order valence-corrected chi connectivity index (χ3v) is 5.73. The Bertz CT molecular complexity index is 988. The molecule has 2 aliphatic rings. The van der Waals surface area contributed by atoms with Gasteiger partial charge in [-0.2, -0.15) is 0 Å². The van der Waals surface area contributed by atoms with Gasteiger partial charge in [-0.1, -0.05) is 12.1 Å². The van der Waals surface area contributed by atoms with Crippen molar-refractivity contribution in [2.45, 2.75) is 38.6 Å². The number of methoxy groups -OCH3 is 1. The minimum Gasteiger partial charge on any atom is -0.497 e. The second kappa shape index (κ2) is 8.18. The van der Waals surface area contributed by atoms with E-state index in [1.165, 1.54) is 4.90 Å². The molecule has 7 nitrogen and oxygen atoms in total. The van der Waals surface area contributed by atoms with Gasteiger partial charge in [0.25, 0.3) is 0 Å². The predicted octanol–water partition coefficient (Wildman–Crippen LogP) is 4.03. The average molecular weight is 407 g/mol. The number of carbonyl (C=O) groups excluding carboxylic acids is 3. The molecule has 2 saturated heterocycles. The van der Waals surface area contributed by atoms with Gasteiger partial charge in [0.1, 0.15) is 5.75 Å². The number of hydrogen-bond acceptors (Lipinski definition) is 4. The lowest BCUT2D eigenvalue weighted by atomic mass is 10.0. The predicted molar refractivity (Wildman–Crippen MR) is 114 cm³/mol. The summed E-state index contributed by atoms with van der Waals surface area (Å²) >= 11 is 0. The van der Waals surface area contributed by atoms with Crippen molar-refractivity contribution in [1.29, 1.82) is 0 Å². The van der Waals surface area contributed by atoms with Gasteiger partial charge in [-0.25, -0.2) is 4.79 Å². The molecule has 4 rings (SSSR count). The monoisotopic (exact) mass is 407 g/mol. The maximum atomic E-state index is 13.0. The van der Waals surface area contributed by atoms with E-state index < -0.39 is 0 Å². The van der Waals surface area contributed by atoms with Crippen LogP contribution in [0.4, 0.5) is 16.2 Å². The molecule has 2 aromatic carbocycles. The molecule has 0 saturated carbocycles. The van der Waals surface area contributed by atoms with Gasteiger partial charge in [-0.05, 0) is 61.2 Å². The smallest absolute Gasteiger partial charge is 0.322 e. The Kier molecular flexibility index (Phi) is 5.44. The summed E-state index contributed by atoms with van der Waals surface area (Å²) in [6.45, 7) is 2.51. The van der Waals surface area contributed by atoms with Gasteiger partial charge in [-0.3, -0.25) is 14.5 Å². The largest absolute Gasteiger partial charge is 0.497 e. The number of nitrogens with zero attached hydrogens (tertiary/aromatic N) is 2. The second-order valence-corrected chi connectivity index (χ2v) is 7.68. The van der Waals surface area contributed by atoms with E-state index in [-0.39, 0.29) is 36.7 Å². The molecule has 2 aliphatic heterocycles. The van der Waals surface area contributed by atoms with E-state index in [9.17, 15) is 14.4 Å². The first-order valence-electron chi connectivity index (χ1n) is 10.2. The SMILES string of the molecule is COc1cccc([C@H]2CCCN2C(=O)Nc2ccc(N3C(=O)CCC3=O)c(C)c2)c1. The Labute approximate surface area is 175 Å². The summed E-state index contributed by atoms with van der Waals surface area (Å²) < 4.78 is 5.32. The van der Waals surface area contributed by atoms with Crippen LogP contribution in [0.15, 0.2) is 42.5 Å². The van der Waals surface area contributed by atoms with Gasteiger partial charge in [0, 0.05) is 25.1 Å². The molecule has 1 N–H and O–H groups in total. The molecule has 2 fully saturated rings. The molecular weight excluding hydrogens is 382 g/mol. The van der Waals surface area contributed by atoms with Crippen LogP contribution in [0, 0.1) is 6.92 Å². The standard InChI is InChI=1S/C23H25N3O4/c1-15-13-17(8-9-19(15)26-21(27)10-11-22(26)28)24-23(29)25-12-4-7-20(25)16-5-3-6-18(14-16)30-2/h3,5-6,8-9,13-14,20H,4,7,10-12H2,1-2H3,(H,24,29)/t20-/m1/s1. The summed E-state index contributed by atoms with van der Waals surface area (Å²) in [5.41, 5.74) is 3.04. The topological polar surface area (TPSA) is 79.0 Å². The maximum Gasteiger partial charge on any atom is 0.322 e. The number of ether oxygens (including phenoxy) is 1. The van der Waals surface area contributed by atoms with Crippen LogP contribution in [0.25, 0.3) is 0 Å². The molecule has 0 unspecified atom stereocenters. The molecule has 0 radical (unpaired) electrons. The number of anilines is 2. The lowest BCUT2D eigenvalue weighted by Crippen LogP contribution is -2.34. The highest BCUT2D eigenvalue weighted by Gasteiger charge is 2.32. The highest BCUT2D eigenvalue weighted by molar-refractivity contribution is 6.20. The van der Waals surface area contributed by atoms with Crippen molar-refractivity contribution in [3.63, 3.8) is 0 Å². The van der Waals surface area contributed by atoms with Crippen molar-refractivity contribution in [3.8, 4) is 5.75 Å². The van der Waals surface area contributed by atoms with Crippen LogP contribution in [0.5, 0.6) is 5.75 Å². The first kappa shape index (κ1) is 19.9. The van der Waals surface area contributed by atoms with Crippen molar-refractivity contribution in [1.82, 2.24) is 4.90 Å². The third-order valence-electron chi connectivity index (χ3n) is 5.73. The van der Waals surface area contributed by atoms with E-state index in [4.69, 9.17) is 4.74 Å². The summed E-state index contributed by atoms with van der Waals surface area (Å²) in [5.74, 6) is 0.410. The van der Waals surface area contributed by atoms with Crippen molar-refractivity contribution in [2.75, 3.05) is 23.9 Å². The number of rotatable bonds is 4. The van der Waals surface area contributed by atoms with E-state index >= 15 is 0 Å². The van der Waals surface area contributed by atoms with Gasteiger partial charge in [0.15, 0.2) is 0 Å². The summed E-state index contributed by atoms with van der Waals surface area (Å²) in [4.78, 5) is 40.1. The zero-order valence-corrected chi connectivity index (χ0v) is 17.2. The fourth-order valence-electron chi connectivity index (χ4n) is 4.23. The number of carbonyl (C=O) groups is 3. The van der Waals surface area contributed by atoms with Crippen molar-refractivity contribution >= 4 is 29.2 Å². The van der Waals surface area contributed by atoms with Crippen LogP contribution in [0.2, 0.25) is 0 Å². The first-order valence-corrected chi connectivity index (χ1v) is 10.2. The van der Waals surface area contributed by atoms with Gasteiger partial charge in [0.05, 0.1) is 18.8 Å². The van der Waals surface area contributed by atoms with Crippen molar-refractivity contribution in [2.24, 2.45) is 0 Å². The van der Waals surface area contributed by atoms with Gasteiger partial charge in [0.2, 0.25) is 11.8 Å². The molecular formula is C23H25N3O4. The molecule has 0 aromatic heterocycles. The van der Waals surface area contributed by atoms with Crippen LogP contribution >= 0.6 is 0 Å². The molecule has 2 heterocycles. The quantitative estimate of drug-likeness (QED) is 0.777. The number of amides is 4. The Morgan fingerprint density at radius 3 is 2.57 bits per heavy atom. The maximum absolute atomic E-state index is 13.0. The van der Waals surface area contributed by atoms with E-state index in [1.807, 2.05) is 36.1 Å². The van der Waals surface area contributed by atoms with E-state index in [2.05, 4.69) is 5.32 Å². The number of imide groups is 1. The fourth-order valence-corrected chi connectivity index (χ4v) is 4.23. The zero-order chi connectivity index (χ0) is 21.3. The van der Waals surface area contributed by atoms with E-state index in [0.29, 0.717) is 17.9 Å². The van der Waals surface area contributed by atoms with Crippen molar-refractivity contribution < 1.29 is 19.1 Å². The lowest BCUT2D eigenvalue weighted by Gasteiger charge is -2.26. The Hall–Kier alpha value is -3.35. The molecule has 0 aliphatic carbocycles. The summed E-state index contributed by atoms with van der Waals surface area (Å²) in [7, 11) is 1.63.